The van der Waals surface area contributed by atoms with Gasteiger partial charge in [0.15, 0.2) is 10.6 Å². The normalized spacial score (nSPS) is 12.4. The standard InChI is InChI=1S/C14H10BrCl2NO5/c15-7-1-2-10-6(3-7)4-8(14(22)23-10)11(20)9(5-19)18-13(21)12(16)17/h1-4,9,12,19H,5H2,(H,18,21). The Hall–Kier alpha value is -1.41. The first-order valence-electron chi connectivity index (χ1n) is 6.30. The number of nitrogens with one attached hydrogen (secondary N) is 1. The van der Waals surface area contributed by atoms with E-state index in [0.717, 1.165) is 4.47 Å². The van der Waals surface area contributed by atoms with Crippen molar-refractivity contribution in [3.05, 3.63) is 44.7 Å². The number of alkyl halides is 2. The number of halogens is 3. The van der Waals surface area contributed by atoms with Crippen molar-refractivity contribution >= 4 is 61.8 Å². The average molecular weight is 423 g/mol. The van der Waals surface area contributed by atoms with E-state index in [2.05, 4.69) is 21.2 Å². The molecule has 2 rings (SSSR count). The van der Waals surface area contributed by atoms with Crippen molar-refractivity contribution in [1.82, 2.24) is 5.32 Å². The van der Waals surface area contributed by atoms with Crippen LogP contribution in [0.15, 0.2) is 37.9 Å². The molecule has 9 heteroatoms. The molecule has 2 aromatic rings. The zero-order valence-electron chi connectivity index (χ0n) is 11.4. The summed E-state index contributed by atoms with van der Waals surface area (Å²) in [6.07, 6.45) is 0. The summed E-state index contributed by atoms with van der Waals surface area (Å²) in [4.78, 5) is 34.3. The minimum absolute atomic E-state index is 0.296. The number of carbonyl (C=O) groups excluding carboxylic acids is 2. The van der Waals surface area contributed by atoms with E-state index < -0.39 is 34.8 Å². The van der Waals surface area contributed by atoms with Crippen LogP contribution in [0.3, 0.4) is 0 Å². The zero-order chi connectivity index (χ0) is 17.1. The molecule has 0 bridgehead atoms. The van der Waals surface area contributed by atoms with Gasteiger partial charge in [-0.3, -0.25) is 9.59 Å². The molecule has 0 spiro atoms. The molecule has 2 N–H and O–H groups in total. The highest BCUT2D eigenvalue weighted by Gasteiger charge is 2.26. The predicted molar refractivity (Wildman–Crippen MR) is 89.0 cm³/mol. The Morgan fingerprint density at radius 3 is 2.61 bits per heavy atom. The van der Waals surface area contributed by atoms with E-state index in [1.807, 2.05) is 0 Å². The van der Waals surface area contributed by atoms with E-state index in [0.29, 0.717) is 11.0 Å². The summed E-state index contributed by atoms with van der Waals surface area (Å²) in [6, 6.07) is 4.91. The minimum atomic E-state index is -1.40. The molecule has 0 radical (unpaired) electrons. The van der Waals surface area contributed by atoms with Gasteiger partial charge in [0, 0.05) is 9.86 Å². The molecule has 6 nitrogen and oxygen atoms in total. The summed E-state index contributed by atoms with van der Waals surface area (Å²) in [6.45, 7) is -0.721. The van der Waals surface area contributed by atoms with Crippen molar-refractivity contribution < 1.29 is 19.1 Å². The first kappa shape index (κ1) is 17.9. The van der Waals surface area contributed by atoms with Crippen LogP contribution in [0.5, 0.6) is 0 Å². The van der Waals surface area contributed by atoms with Gasteiger partial charge in [-0.2, -0.15) is 0 Å². The van der Waals surface area contributed by atoms with Gasteiger partial charge in [-0.1, -0.05) is 39.1 Å². The first-order chi connectivity index (χ1) is 10.8. The second-order valence-electron chi connectivity index (χ2n) is 4.54. The van der Waals surface area contributed by atoms with Crippen molar-refractivity contribution in [2.45, 2.75) is 10.9 Å². The Morgan fingerprint density at radius 2 is 2.00 bits per heavy atom. The number of carbonyl (C=O) groups is 2. The summed E-state index contributed by atoms with van der Waals surface area (Å²) in [5, 5.41) is 11.9. The highest BCUT2D eigenvalue weighted by atomic mass is 79.9. The molecule has 1 aromatic heterocycles. The van der Waals surface area contributed by atoms with Crippen LogP contribution in [0.4, 0.5) is 0 Å². The zero-order valence-corrected chi connectivity index (χ0v) is 14.5. The van der Waals surface area contributed by atoms with E-state index in [4.69, 9.17) is 27.6 Å². The topological polar surface area (TPSA) is 96.6 Å². The Bertz CT molecular complexity index is 820. The quantitative estimate of drug-likeness (QED) is 0.436. The van der Waals surface area contributed by atoms with Crippen LogP contribution in [-0.4, -0.2) is 34.3 Å². The molecule has 0 aliphatic carbocycles. The van der Waals surface area contributed by atoms with E-state index in [-0.39, 0.29) is 5.56 Å². The third kappa shape index (κ3) is 4.11. The fourth-order valence-electron chi connectivity index (χ4n) is 1.88. The van der Waals surface area contributed by atoms with Gasteiger partial charge >= 0.3 is 5.63 Å². The van der Waals surface area contributed by atoms with Gasteiger partial charge in [0.25, 0.3) is 5.91 Å². The van der Waals surface area contributed by atoms with Gasteiger partial charge in [0.2, 0.25) is 0 Å². The van der Waals surface area contributed by atoms with Crippen LogP contribution in [-0.2, 0) is 4.79 Å². The number of rotatable bonds is 5. The van der Waals surface area contributed by atoms with Crippen LogP contribution in [0, 0.1) is 0 Å². The molecule has 1 unspecified atom stereocenters. The van der Waals surface area contributed by atoms with Gasteiger partial charge in [0.05, 0.1) is 6.61 Å². The maximum absolute atomic E-state index is 12.4. The molecule has 1 aromatic carbocycles. The summed E-state index contributed by atoms with van der Waals surface area (Å²) in [5.74, 6) is -1.65. The number of Topliss-reactive ketones (excluding diaryl/α,β-unsaturated/α-hetero) is 1. The summed E-state index contributed by atoms with van der Waals surface area (Å²) < 4.78 is 5.81. The van der Waals surface area contributed by atoms with E-state index >= 15 is 0 Å². The lowest BCUT2D eigenvalue weighted by atomic mass is 10.0. The van der Waals surface area contributed by atoms with Gasteiger partial charge in [-0.05, 0) is 24.3 Å². The first-order valence-corrected chi connectivity index (χ1v) is 7.97. The predicted octanol–water partition coefficient (Wildman–Crippen LogP) is 2.02. The van der Waals surface area contributed by atoms with Crippen molar-refractivity contribution in [2.24, 2.45) is 0 Å². The van der Waals surface area contributed by atoms with Crippen LogP contribution >= 0.6 is 39.1 Å². The third-order valence-electron chi connectivity index (χ3n) is 2.97. The van der Waals surface area contributed by atoms with E-state index in [1.54, 1.807) is 18.2 Å². The second kappa shape index (κ2) is 7.44. The Balaban J connectivity index is 2.41. The number of hydrogen-bond donors (Lipinski definition) is 2. The summed E-state index contributed by atoms with van der Waals surface area (Å²) in [5.41, 5.74) is -0.859. The number of aliphatic hydroxyl groups is 1. The molecule has 0 fully saturated rings. The number of amides is 1. The molecule has 1 heterocycles. The number of ketones is 1. The molecule has 0 aliphatic heterocycles. The lowest BCUT2D eigenvalue weighted by Gasteiger charge is -2.15. The Labute approximate surface area is 148 Å². The number of fused-ring (bicyclic) bond motifs is 1. The lowest BCUT2D eigenvalue weighted by molar-refractivity contribution is -0.120. The molecule has 1 atom stereocenters. The Kier molecular flexibility index (Phi) is 5.80. The molecule has 1 amide bonds. The average Bonchev–Trinajstić information content (AvgIpc) is 2.51. The highest BCUT2D eigenvalue weighted by molar-refractivity contribution is 9.10. The van der Waals surface area contributed by atoms with Crippen LogP contribution < -0.4 is 10.9 Å². The molecule has 122 valence electrons. The van der Waals surface area contributed by atoms with E-state index in [1.165, 1.54) is 6.07 Å². The summed E-state index contributed by atoms with van der Waals surface area (Å²) >= 11 is 14.0. The molecular formula is C14H10BrCl2NO5. The van der Waals surface area contributed by atoms with Gasteiger partial charge in [0.1, 0.15) is 17.2 Å². The number of hydrogen-bond acceptors (Lipinski definition) is 5. The lowest BCUT2D eigenvalue weighted by Crippen LogP contribution is -2.46. The van der Waals surface area contributed by atoms with Gasteiger partial charge < -0.3 is 14.8 Å². The second-order valence-corrected chi connectivity index (χ2v) is 6.55. The van der Waals surface area contributed by atoms with Crippen LogP contribution in [0.2, 0.25) is 0 Å². The molecule has 0 saturated heterocycles. The smallest absolute Gasteiger partial charge is 0.347 e. The molecule has 0 saturated carbocycles. The number of aliphatic hydroxyl groups excluding tert-OH is 1. The largest absolute Gasteiger partial charge is 0.422 e. The van der Waals surface area contributed by atoms with Crippen molar-refractivity contribution in [3.63, 3.8) is 0 Å². The van der Waals surface area contributed by atoms with Crippen molar-refractivity contribution in [2.75, 3.05) is 6.61 Å². The van der Waals surface area contributed by atoms with Crippen LogP contribution in [0.25, 0.3) is 11.0 Å². The van der Waals surface area contributed by atoms with Crippen LogP contribution in [0.1, 0.15) is 10.4 Å². The Morgan fingerprint density at radius 1 is 1.30 bits per heavy atom. The summed E-state index contributed by atoms with van der Waals surface area (Å²) in [7, 11) is 0. The van der Waals surface area contributed by atoms with Gasteiger partial charge in [-0.25, -0.2) is 4.79 Å². The maximum atomic E-state index is 12.4. The molecular weight excluding hydrogens is 413 g/mol. The third-order valence-corrected chi connectivity index (χ3v) is 3.86. The molecule has 0 aliphatic rings. The fraction of sp³-hybridized carbons (Fsp3) is 0.214. The fourth-order valence-corrected chi connectivity index (χ4v) is 2.39. The SMILES string of the molecule is O=C(NC(CO)C(=O)c1cc2cc(Br)ccc2oc1=O)C(Cl)Cl. The van der Waals surface area contributed by atoms with Crippen molar-refractivity contribution in [1.29, 1.82) is 0 Å². The van der Waals surface area contributed by atoms with Crippen molar-refractivity contribution in [3.8, 4) is 0 Å². The van der Waals surface area contributed by atoms with E-state index in [9.17, 15) is 19.5 Å². The minimum Gasteiger partial charge on any atom is -0.422 e. The monoisotopic (exact) mass is 421 g/mol. The number of benzene rings is 1. The van der Waals surface area contributed by atoms with Gasteiger partial charge in [-0.15, -0.1) is 0 Å². The molecule has 23 heavy (non-hydrogen) atoms. The maximum Gasteiger partial charge on any atom is 0.347 e. The highest BCUT2D eigenvalue weighted by Crippen LogP contribution is 2.19.